The monoisotopic (exact) mass is 516 g/mol. The van der Waals surface area contributed by atoms with Crippen molar-refractivity contribution in [2.24, 2.45) is 0 Å². The minimum Gasteiger partial charge on any atom is -0.508 e. The molecule has 160 valence electrons. The first-order valence-electron chi connectivity index (χ1n) is 10.1. The molecule has 5 aromatic rings. The molecule has 1 aromatic heterocycles. The molecule has 2 heterocycles. The summed E-state index contributed by atoms with van der Waals surface area (Å²) in [5.74, 6) is -0.856. The molecule has 0 fully saturated rings. The highest BCUT2D eigenvalue weighted by Gasteiger charge is 2.35. The number of nitrogens with one attached hydrogen (secondary N) is 1. The smallest absolute Gasteiger partial charge is 0.259 e. The van der Waals surface area contributed by atoms with E-state index >= 15 is 0 Å². The Morgan fingerprint density at radius 1 is 0.818 bits per heavy atom. The number of imide groups is 1. The number of phenols is 1. The fourth-order valence-corrected chi connectivity index (χ4v) is 5.27. The van der Waals surface area contributed by atoms with E-state index in [2.05, 4.69) is 21.2 Å². The van der Waals surface area contributed by atoms with E-state index in [1.165, 1.54) is 0 Å². The van der Waals surface area contributed by atoms with Crippen LogP contribution in [-0.4, -0.2) is 21.5 Å². The maximum atomic E-state index is 13.0. The SMILES string of the molecule is O=C1NC(=O)c2c1c(-c1ccccc1Cl)cc1c2c2cc(O)ccc2n1-c1cccc(Br)c1. The molecule has 5 nitrogen and oxygen atoms in total. The Morgan fingerprint density at radius 2 is 1.61 bits per heavy atom. The molecule has 4 aromatic carbocycles. The lowest BCUT2D eigenvalue weighted by molar-refractivity contribution is 0.0880. The van der Waals surface area contributed by atoms with E-state index in [-0.39, 0.29) is 16.9 Å². The van der Waals surface area contributed by atoms with Crippen LogP contribution in [0, 0.1) is 0 Å². The second kappa shape index (κ2) is 7.20. The number of carbonyl (C=O) groups excluding carboxylic acids is 2. The van der Waals surface area contributed by atoms with Crippen LogP contribution in [0.3, 0.4) is 0 Å². The number of aromatic nitrogens is 1. The normalized spacial score (nSPS) is 13.0. The molecule has 0 bridgehead atoms. The lowest BCUT2D eigenvalue weighted by Gasteiger charge is -2.12. The minimum absolute atomic E-state index is 0.0736. The highest BCUT2D eigenvalue weighted by Crippen LogP contribution is 2.43. The molecule has 2 amide bonds. The first-order chi connectivity index (χ1) is 15.9. The van der Waals surface area contributed by atoms with Crippen molar-refractivity contribution in [3.63, 3.8) is 0 Å². The van der Waals surface area contributed by atoms with Gasteiger partial charge in [-0.2, -0.15) is 0 Å². The van der Waals surface area contributed by atoms with Crippen molar-refractivity contribution >= 4 is 61.2 Å². The van der Waals surface area contributed by atoms with Crippen LogP contribution in [0.1, 0.15) is 20.7 Å². The second-order valence-corrected chi connectivity index (χ2v) is 9.17. The maximum Gasteiger partial charge on any atom is 0.259 e. The van der Waals surface area contributed by atoms with Gasteiger partial charge >= 0.3 is 0 Å². The van der Waals surface area contributed by atoms with E-state index in [9.17, 15) is 14.7 Å². The van der Waals surface area contributed by atoms with Crippen molar-refractivity contribution in [3.8, 4) is 22.6 Å². The number of carbonyl (C=O) groups is 2. The average molecular weight is 518 g/mol. The number of hydrogen-bond donors (Lipinski definition) is 2. The van der Waals surface area contributed by atoms with Gasteiger partial charge in [-0.05, 0) is 54.1 Å². The Hall–Kier alpha value is -3.61. The first-order valence-corrected chi connectivity index (χ1v) is 11.3. The molecule has 6 rings (SSSR count). The molecule has 0 aliphatic carbocycles. The highest BCUT2D eigenvalue weighted by atomic mass is 79.9. The summed E-state index contributed by atoms with van der Waals surface area (Å²) in [4.78, 5) is 26.0. The predicted molar refractivity (Wildman–Crippen MR) is 132 cm³/mol. The van der Waals surface area contributed by atoms with Crippen LogP contribution >= 0.6 is 27.5 Å². The van der Waals surface area contributed by atoms with Gasteiger partial charge in [0, 0.05) is 31.5 Å². The Morgan fingerprint density at radius 3 is 2.39 bits per heavy atom. The van der Waals surface area contributed by atoms with Crippen LogP contribution in [0.4, 0.5) is 0 Å². The molecule has 0 unspecified atom stereocenters. The molecule has 0 radical (unpaired) electrons. The molecule has 33 heavy (non-hydrogen) atoms. The third-order valence-corrected chi connectivity index (χ3v) is 6.77. The Bertz CT molecular complexity index is 1670. The number of benzene rings is 4. The van der Waals surface area contributed by atoms with Gasteiger partial charge in [-0.25, -0.2) is 0 Å². The van der Waals surface area contributed by atoms with Gasteiger partial charge in [-0.1, -0.05) is 51.8 Å². The van der Waals surface area contributed by atoms with E-state index in [1.54, 1.807) is 18.2 Å². The number of rotatable bonds is 2. The summed E-state index contributed by atoms with van der Waals surface area (Å²) in [6.07, 6.45) is 0. The zero-order chi connectivity index (χ0) is 22.9. The Balaban J connectivity index is 1.87. The fourth-order valence-electron chi connectivity index (χ4n) is 4.64. The molecule has 7 heteroatoms. The van der Waals surface area contributed by atoms with Crippen molar-refractivity contribution in [2.75, 3.05) is 0 Å². The first kappa shape index (κ1) is 20.0. The number of amides is 2. The maximum absolute atomic E-state index is 13.0. The fraction of sp³-hybridized carbons (Fsp3) is 0. The van der Waals surface area contributed by atoms with Crippen LogP contribution in [0.25, 0.3) is 38.6 Å². The van der Waals surface area contributed by atoms with E-state index in [0.29, 0.717) is 26.9 Å². The lowest BCUT2D eigenvalue weighted by atomic mass is 9.93. The average Bonchev–Trinajstić information content (AvgIpc) is 3.26. The summed E-state index contributed by atoms with van der Waals surface area (Å²) in [6, 6.07) is 22.0. The molecule has 1 aliphatic rings. The zero-order valence-electron chi connectivity index (χ0n) is 16.9. The topological polar surface area (TPSA) is 71.3 Å². The van der Waals surface area contributed by atoms with Gasteiger partial charge in [-0.3, -0.25) is 14.9 Å². The van der Waals surface area contributed by atoms with E-state index in [1.807, 2.05) is 59.2 Å². The molecule has 1 aliphatic heterocycles. The van der Waals surface area contributed by atoms with E-state index in [4.69, 9.17) is 11.6 Å². The summed E-state index contributed by atoms with van der Waals surface area (Å²) in [7, 11) is 0. The van der Waals surface area contributed by atoms with Gasteiger partial charge in [0.05, 0.1) is 22.2 Å². The molecule has 0 saturated heterocycles. The molecular formula is C26H14BrClN2O3. The quantitative estimate of drug-likeness (QED) is 0.264. The number of phenolic OH excluding ortho intramolecular Hbond substituents is 1. The van der Waals surface area contributed by atoms with Crippen LogP contribution in [0.2, 0.25) is 5.02 Å². The number of hydrogen-bond acceptors (Lipinski definition) is 3. The summed E-state index contributed by atoms with van der Waals surface area (Å²) in [5.41, 5.74) is 4.21. The third kappa shape index (κ3) is 2.91. The van der Waals surface area contributed by atoms with Gasteiger partial charge in [0.1, 0.15) is 5.75 Å². The third-order valence-electron chi connectivity index (χ3n) is 5.95. The standard InChI is InChI=1S/C26H14BrClN2O3/c27-13-4-3-5-14(10-13)30-20-9-8-15(31)11-18(20)22-21(30)12-17(16-6-1-2-7-19(16)28)23-24(22)26(33)29-25(23)32/h1-12,31H,(H,29,32,33). The highest BCUT2D eigenvalue weighted by molar-refractivity contribution is 9.10. The summed E-state index contributed by atoms with van der Waals surface area (Å²) in [5, 5.41) is 14.5. The molecule has 0 saturated carbocycles. The van der Waals surface area contributed by atoms with Crippen LogP contribution < -0.4 is 5.32 Å². The molecule has 0 spiro atoms. The predicted octanol–water partition coefficient (Wildman–Crippen LogP) is 6.46. The number of fused-ring (bicyclic) bond motifs is 5. The van der Waals surface area contributed by atoms with Gasteiger partial charge in [0.2, 0.25) is 0 Å². The summed E-state index contributed by atoms with van der Waals surface area (Å²) in [6.45, 7) is 0. The largest absolute Gasteiger partial charge is 0.508 e. The lowest BCUT2D eigenvalue weighted by Crippen LogP contribution is -2.20. The van der Waals surface area contributed by atoms with Crippen LogP contribution in [0.5, 0.6) is 5.75 Å². The van der Waals surface area contributed by atoms with E-state index in [0.717, 1.165) is 21.2 Å². The summed E-state index contributed by atoms with van der Waals surface area (Å²) >= 11 is 10.0. The van der Waals surface area contributed by atoms with Gasteiger partial charge in [0.25, 0.3) is 11.8 Å². The number of nitrogens with zero attached hydrogens (tertiary/aromatic N) is 1. The number of aromatic hydroxyl groups is 1. The Labute approximate surface area is 201 Å². The van der Waals surface area contributed by atoms with Crippen LogP contribution in [-0.2, 0) is 0 Å². The molecule has 0 atom stereocenters. The summed E-state index contributed by atoms with van der Waals surface area (Å²) < 4.78 is 2.92. The van der Waals surface area contributed by atoms with Gasteiger partial charge in [0.15, 0.2) is 0 Å². The van der Waals surface area contributed by atoms with Crippen molar-refractivity contribution in [2.45, 2.75) is 0 Å². The van der Waals surface area contributed by atoms with Crippen LogP contribution in [0.15, 0.2) is 77.3 Å². The van der Waals surface area contributed by atoms with Gasteiger partial charge < -0.3 is 9.67 Å². The van der Waals surface area contributed by atoms with Crippen molar-refractivity contribution in [1.82, 2.24) is 9.88 Å². The van der Waals surface area contributed by atoms with Crippen molar-refractivity contribution in [3.05, 3.63) is 93.4 Å². The van der Waals surface area contributed by atoms with Crippen molar-refractivity contribution in [1.29, 1.82) is 0 Å². The van der Waals surface area contributed by atoms with E-state index < -0.39 is 11.8 Å². The minimum atomic E-state index is -0.467. The molecule has 2 N–H and O–H groups in total. The second-order valence-electron chi connectivity index (χ2n) is 7.85. The Kier molecular flexibility index (Phi) is 4.37. The van der Waals surface area contributed by atoms with Crippen molar-refractivity contribution < 1.29 is 14.7 Å². The number of halogens is 2. The molecular weight excluding hydrogens is 504 g/mol. The zero-order valence-corrected chi connectivity index (χ0v) is 19.2. The van der Waals surface area contributed by atoms with Gasteiger partial charge in [-0.15, -0.1) is 0 Å².